The van der Waals surface area contributed by atoms with Crippen molar-refractivity contribution in [3.8, 4) is 5.69 Å². The SMILES string of the molecule is CCc1cn(-c2cccc(Br)c2)nc(C(=O)OC)c1=O. The van der Waals surface area contributed by atoms with E-state index in [1.807, 2.05) is 31.2 Å². The smallest absolute Gasteiger partial charge is 0.362 e. The van der Waals surface area contributed by atoms with Crippen LogP contribution in [0.5, 0.6) is 0 Å². The third kappa shape index (κ3) is 2.80. The van der Waals surface area contributed by atoms with E-state index in [1.165, 1.54) is 11.8 Å². The molecule has 0 fully saturated rings. The van der Waals surface area contributed by atoms with E-state index in [-0.39, 0.29) is 11.1 Å². The average Bonchev–Trinajstić information content (AvgIpc) is 2.46. The van der Waals surface area contributed by atoms with E-state index in [9.17, 15) is 9.59 Å². The van der Waals surface area contributed by atoms with Gasteiger partial charge in [-0.1, -0.05) is 28.9 Å². The molecule has 6 heteroatoms. The number of hydrogen-bond donors (Lipinski definition) is 0. The summed E-state index contributed by atoms with van der Waals surface area (Å²) in [4.78, 5) is 23.7. The summed E-state index contributed by atoms with van der Waals surface area (Å²) in [5.74, 6) is -0.728. The molecule has 0 aliphatic rings. The van der Waals surface area contributed by atoms with Gasteiger partial charge in [0.2, 0.25) is 11.1 Å². The number of methoxy groups -OCH3 is 1. The quantitative estimate of drug-likeness (QED) is 0.807. The van der Waals surface area contributed by atoms with Crippen LogP contribution in [-0.4, -0.2) is 22.9 Å². The third-order valence-electron chi connectivity index (χ3n) is 2.82. The van der Waals surface area contributed by atoms with Crippen molar-refractivity contribution in [2.45, 2.75) is 13.3 Å². The van der Waals surface area contributed by atoms with Crippen LogP contribution in [0, 0.1) is 0 Å². The highest BCUT2D eigenvalue weighted by Crippen LogP contribution is 2.15. The zero-order valence-corrected chi connectivity index (χ0v) is 12.7. The summed E-state index contributed by atoms with van der Waals surface area (Å²) >= 11 is 3.38. The number of halogens is 1. The topological polar surface area (TPSA) is 61.2 Å². The Labute approximate surface area is 124 Å². The number of aromatic nitrogens is 2. The van der Waals surface area contributed by atoms with Crippen molar-refractivity contribution in [2.75, 3.05) is 7.11 Å². The minimum atomic E-state index is -0.728. The summed E-state index contributed by atoms with van der Waals surface area (Å²) in [6.07, 6.45) is 2.15. The highest BCUT2D eigenvalue weighted by molar-refractivity contribution is 9.10. The van der Waals surface area contributed by atoms with Crippen LogP contribution in [0.15, 0.2) is 39.7 Å². The molecule has 0 atom stereocenters. The maximum atomic E-state index is 12.1. The van der Waals surface area contributed by atoms with Crippen LogP contribution >= 0.6 is 15.9 Å². The molecule has 0 saturated heterocycles. The minimum Gasteiger partial charge on any atom is -0.464 e. The highest BCUT2D eigenvalue weighted by Gasteiger charge is 2.17. The van der Waals surface area contributed by atoms with Gasteiger partial charge in [-0.05, 0) is 24.6 Å². The summed E-state index contributed by atoms with van der Waals surface area (Å²) in [6, 6.07) is 7.41. The van der Waals surface area contributed by atoms with Crippen LogP contribution in [0.2, 0.25) is 0 Å². The lowest BCUT2D eigenvalue weighted by Gasteiger charge is -2.09. The van der Waals surface area contributed by atoms with Gasteiger partial charge in [0.25, 0.3) is 0 Å². The second kappa shape index (κ2) is 6.00. The normalized spacial score (nSPS) is 10.3. The monoisotopic (exact) mass is 336 g/mol. The van der Waals surface area contributed by atoms with Gasteiger partial charge in [-0.2, -0.15) is 5.10 Å². The molecular formula is C14H13BrN2O3. The Kier molecular flexibility index (Phi) is 4.34. The van der Waals surface area contributed by atoms with E-state index >= 15 is 0 Å². The minimum absolute atomic E-state index is 0.202. The number of carbonyl (C=O) groups excluding carboxylic acids is 1. The molecule has 1 heterocycles. The Hall–Kier alpha value is -1.95. The van der Waals surface area contributed by atoms with Gasteiger partial charge in [-0.3, -0.25) is 4.79 Å². The molecule has 20 heavy (non-hydrogen) atoms. The number of carbonyl (C=O) groups is 1. The van der Waals surface area contributed by atoms with E-state index in [2.05, 4.69) is 25.8 Å². The largest absolute Gasteiger partial charge is 0.464 e. The number of nitrogens with zero attached hydrogens (tertiary/aromatic N) is 2. The highest BCUT2D eigenvalue weighted by atomic mass is 79.9. The van der Waals surface area contributed by atoms with Crippen LogP contribution in [0.3, 0.4) is 0 Å². The standard InChI is InChI=1S/C14H13BrN2O3/c1-3-9-8-17(11-6-4-5-10(15)7-11)16-12(13(9)18)14(19)20-2/h4-8H,3H2,1-2H3. The van der Waals surface area contributed by atoms with Gasteiger partial charge in [0.15, 0.2) is 0 Å². The Morgan fingerprint density at radius 3 is 2.80 bits per heavy atom. The lowest BCUT2D eigenvalue weighted by Crippen LogP contribution is -2.25. The van der Waals surface area contributed by atoms with Gasteiger partial charge in [0.05, 0.1) is 12.8 Å². The summed E-state index contributed by atoms with van der Waals surface area (Å²) < 4.78 is 7.00. The zero-order chi connectivity index (χ0) is 14.7. The Morgan fingerprint density at radius 1 is 1.45 bits per heavy atom. The van der Waals surface area contributed by atoms with Crippen LogP contribution in [0.25, 0.3) is 5.69 Å². The van der Waals surface area contributed by atoms with E-state index in [0.29, 0.717) is 12.0 Å². The second-order valence-electron chi connectivity index (χ2n) is 4.10. The van der Waals surface area contributed by atoms with Crippen molar-refractivity contribution in [3.63, 3.8) is 0 Å². The first-order chi connectivity index (χ1) is 9.56. The fourth-order valence-corrected chi connectivity index (χ4v) is 2.16. The number of esters is 1. The van der Waals surface area contributed by atoms with Crippen molar-refractivity contribution in [1.82, 2.24) is 9.78 Å². The molecule has 0 aliphatic heterocycles. The summed E-state index contributed by atoms with van der Waals surface area (Å²) in [5, 5.41) is 4.07. The molecule has 5 nitrogen and oxygen atoms in total. The van der Waals surface area contributed by atoms with Gasteiger partial charge < -0.3 is 4.74 Å². The van der Waals surface area contributed by atoms with Crippen LogP contribution < -0.4 is 5.43 Å². The van der Waals surface area contributed by atoms with Crippen molar-refractivity contribution < 1.29 is 9.53 Å². The molecule has 0 spiro atoms. The molecule has 1 aromatic carbocycles. The van der Waals surface area contributed by atoms with Gasteiger partial charge in [-0.25, -0.2) is 9.48 Å². The van der Waals surface area contributed by atoms with Gasteiger partial charge in [0.1, 0.15) is 0 Å². The predicted octanol–water partition coefficient (Wildman–Crippen LogP) is 2.34. The average molecular weight is 337 g/mol. The molecule has 2 aromatic rings. The van der Waals surface area contributed by atoms with Crippen molar-refractivity contribution >= 4 is 21.9 Å². The number of aryl methyl sites for hydroxylation is 1. The van der Waals surface area contributed by atoms with Crippen LogP contribution in [0.4, 0.5) is 0 Å². The van der Waals surface area contributed by atoms with Crippen molar-refractivity contribution in [1.29, 1.82) is 0 Å². The Bertz CT molecular complexity index is 710. The molecule has 104 valence electrons. The van der Waals surface area contributed by atoms with E-state index < -0.39 is 5.97 Å². The predicted molar refractivity (Wildman–Crippen MR) is 78.3 cm³/mol. The Balaban J connectivity index is 2.66. The van der Waals surface area contributed by atoms with E-state index in [0.717, 1.165) is 10.2 Å². The molecule has 0 saturated carbocycles. The van der Waals surface area contributed by atoms with E-state index in [1.54, 1.807) is 6.20 Å². The molecule has 0 amide bonds. The fraction of sp³-hybridized carbons (Fsp3) is 0.214. The summed E-state index contributed by atoms with van der Waals surface area (Å²) in [5.41, 5.74) is 0.678. The first-order valence-corrected chi connectivity index (χ1v) is 6.83. The number of rotatable bonds is 3. The van der Waals surface area contributed by atoms with Crippen LogP contribution in [0.1, 0.15) is 23.0 Å². The van der Waals surface area contributed by atoms with Crippen LogP contribution in [-0.2, 0) is 11.2 Å². The maximum absolute atomic E-state index is 12.1. The molecule has 0 bridgehead atoms. The molecule has 2 rings (SSSR count). The Morgan fingerprint density at radius 2 is 2.20 bits per heavy atom. The number of hydrogen-bond acceptors (Lipinski definition) is 4. The summed E-state index contributed by atoms with van der Waals surface area (Å²) in [7, 11) is 1.23. The second-order valence-corrected chi connectivity index (χ2v) is 5.02. The molecular weight excluding hydrogens is 324 g/mol. The van der Waals surface area contributed by atoms with Gasteiger partial charge in [0, 0.05) is 16.2 Å². The van der Waals surface area contributed by atoms with E-state index in [4.69, 9.17) is 0 Å². The third-order valence-corrected chi connectivity index (χ3v) is 3.32. The maximum Gasteiger partial charge on any atom is 0.362 e. The zero-order valence-electron chi connectivity index (χ0n) is 11.1. The fourth-order valence-electron chi connectivity index (χ4n) is 1.77. The number of benzene rings is 1. The lowest BCUT2D eigenvalue weighted by molar-refractivity contribution is 0.0590. The molecule has 0 N–H and O–H groups in total. The molecule has 0 aliphatic carbocycles. The molecule has 1 aromatic heterocycles. The van der Waals surface area contributed by atoms with Gasteiger partial charge >= 0.3 is 5.97 Å². The molecule has 0 unspecified atom stereocenters. The molecule has 0 radical (unpaired) electrons. The first kappa shape index (κ1) is 14.5. The van der Waals surface area contributed by atoms with Gasteiger partial charge in [-0.15, -0.1) is 0 Å². The summed E-state index contributed by atoms with van der Waals surface area (Å²) in [6.45, 7) is 1.85. The lowest BCUT2D eigenvalue weighted by atomic mass is 10.2. The first-order valence-electron chi connectivity index (χ1n) is 6.04. The van der Waals surface area contributed by atoms with Crippen molar-refractivity contribution in [3.05, 3.63) is 56.4 Å². The van der Waals surface area contributed by atoms with Crippen molar-refractivity contribution in [2.24, 2.45) is 0 Å². The number of ether oxygens (including phenoxy) is 1.